The van der Waals surface area contributed by atoms with E-state index in [1.54, 1.807) is 18.2 Å². The van der Waals surface area contributed by atoms with E-state index in [9.17, 15) is 14.7 Å². The van der Waals surface area contributed by atoms with Gasteiger partial charge in [-0.15, -0.1) is 0 Å². The highest BCUT2D eigenvalue weighted by molar-refractivity contribution is 5.97. The van der Waals surface area contributed by atoms with Crippen LogP contribution in [0.4, 0.5) is 0 Å². The maximum atomic E-state index is 12.3. The molecular weight excluding hydrogens is 310 g/mol. The minimum atomic E-state index is -1.04. The Morgan fingerprint density at radius 3 is 2.50 bits per heavy atom. The Hall–Kier alpha value is -2.24. The fourth-order valence-electron chi connectivity index (χ4n) is 2.19. The van der Waals surface area contributed by atoms with Crippen LogP contribution < -0.4 is 14.8 Å². The maximum absolute atomic E-state index is 12.3. The van der Waals surface area contributed by atoms with Crippen LogP contribution in [-0.4, -0.2) is 36.7 Å². The molecule has 0 unspecified atom stereocenters. The smallest absolute Gasteiger partial charge is 0.326 e. The van der Waals surface area contributed by atoms with Gasteiger partial charge in [0, 0.05) is 5.56 Å². The summed E-state index contributed by atoms with van der Waals surface area (Å²) >= 11 is 0. The number of aliphatic carboxylic acids is 1. The number of benzene rings is 1. The minimum absolute atomic E-state index is 0.162. The molecule has 0 bridgehead atoms. The molecule has 0 spiro atoms. The summed E-state index contributed by atoms with van der Waals surface area (Å²) < 4.78 is 10.9. The molecule has 1 rings (SSSR count). The molecule has 24 heavy (non-hydrogen) atoms. The van der Waals surface area contributed by atoms with E-state index >= 15 is 0 Å². The summed E-state index contributed by atoms with van der Waals surface area (Å²) in [5.41, 5.74) is 0.338. The SMILES string of the molecule is CCCCOc1ccc(C(=O)N[C@@H](CC(C)C)C(=O)O)cc1OC. The molecule has 6 nitrogen and oxygen atoms in total. The van der Waals surface area contributed by atoms with Crippen molar-refractivity contribution >= 4 is 11.9 Å². The molecule has 0 radical (unpaired) electrons. The molecule has 0 aromatic heterocycles. The number of hydrogen-bond acceptors (Lipinski definition) is 4. The predicted molar refractivity (Wildman–Crippen MR) is 91.7 cm³/mol. The first-order chi connectivity index (χ1) is 11.4. The van der Waals surface area contributed by atoms with Crippen LogP contribution in [-0.2, 0) is 4.79 Å². The number of methoxy groups -OCH3 is 1. The lowest BCUT2D eigenvalue weighted by molar-refractivity contribution is -0.139. The Bertz CT molecular complexity index is 556. The third-order valence-corrected chi connectivity index (χ3v) is 3.49. The van der Waals surface area contributed by atoms with Gasteiger partial charge < -0.3 is 19.9 Å². The van der Waals surface area contributed by atoms with Gasteiger partial charge in [0.15, 0.2) is 11.5 Å². The molecule has 2 N–H and O–H groups in total. The molecule has 1 atom stereocenters. The van der Waals surface area contributed by atoms with Crippen LogP contribution in [0.5, 0.6) is 11.5 Å². The molecule has 6 heteroatoms. The fraction of sp³-hybridized carbons (Fsp3) is 0.556. The molecule has 0 aliphatic heterocycles. The molecule has 0 aliphatic rings. The second-order valence-corrected chi connectivity index (χ2v) is 6.06. The molecule has 0 saturated heterocycles. The van der Waals surface area contributed by atoms with Crippen LogP contribution in [0.25, 0.3) is 0 Å². The van der Waals surface area contributed by atoms with E-state index in [0.29, 0.717) is 30.1 Å². The predicted octanol–water partition coefficient (Wildman–Crippen LogP) is 3.10. The summed E-state index contributed by atoms with van der Waals surface area (Å²) in [6.07, 6.45) is 2.33. The first-order valence-corrected chi connectivity index (χ1v) is 8.23. The monoisotopic (exact) mass is 337 g/mol. The van der Waals surface area contributed by atoms with Gasteiger partial charge in [-0.3, -0.25) is 4.79 Å². The fourth-order valence-corrected chi connectivity index (χ4v) is 2.19. The number of hydrogen-bond donors (Lipinski definition) is 2. The highest BCUT2D eigenvalue weighted by Crippen LogP contribution is 2.28. The number of carboxylic acid groups (broad SMARTS) is 1. The van der Waals surface area contributed by atoms with E-state index in [1.807, 2.05) is 13.8 Å². The lowest BCUT2D eigenvalue weighted by Gasteiger charge is -2.17. The Morgan fingerprint density at radius 2 is 1.96 bits per heavy atom. The summed E-state index contributed by atoms with van der Waals surface area (Å²) in [6, 6.07) is 3.92. The van der Waals surface area contributed by atoms with Gasteiger partial charge in [-0.1, -0.05) is 27.2 Å². The van der Waals surface area contributed by atoms with Gasteiger partial charge in [-0.2, -0.15) is 0 Å². The molecule has 0 saturated carbocycles. The quantitative estimate of drug-likeness (QED) is 0.641. The second kappa shape index (κ2) is 9.80. The molecular formula is C18H27NO5. The van der Waals surface area contributed by atoms with Gasteiger partial charge in [0.1, 0.15) is 6.04 Å². The van der Waals surface area contributed by atoms with Crippen molar-refractivity contribution in [1.82, 2.24) is 5.32 Å². The van der Waals surface area contributed by atoms with Crippen molar-refractivity contribution in [3.8, 4) is 11.5 Å². The number of amides is 1. The van der Waals surface area contributed by atoms with Crippen LogP contribution in [0.3, 0.4) is 0 Å². The van der Waals surface area contributed by atoms with Crippen molar-refractivity contribution < 1.29 is 24.2 Å². The maximum Gasteiger partial charge on any atom is 0.326 e. The van der Waals surface area contributed by atoms with Crippen LogP contribution in [0.2, 0.25) is 0 Å². The van der Waals surface area contributed by atoms with Crippen LogP contribution >= 0.6 is 0 Å². The van der Waals surface area contributed by atoms with Crippen LogP contribution in [0.1, 0.15) is 50.4 Å². The summed E-state index contributed by atoms with van der Waals surface area (Å²) in [4.78, 5) is 23.6. The van der Waals surface area contributed by atoms with E-state index in [-0.39, 0.29) is 5.92 Å². The number of unbranched alkanes of at least 4 members (excludes halogenated alkanes) is 1. The Kier molecular flexibility index (Phi) is 8.09. The highest BCUT2D eigenvalue weighted by Gasteiger charge is 2.22. The summed E-state index contributed by atoms with van der Waals surface area (Å²) in [5, 5.41) is 11.8. The third-order valence-electron chi connectivity index (χ3n) is 3.49. The number of rotatable bonds is 10. The van der Waals surface area contributed by atoms with E-state index < -0.39 is 17.9 Å². The van der Waals surface area contributed by atoms with Crippen molar-refractivity contribution in [2.75, 3.05) is 13.7 Å². The lowest BCUT2D eigenvalue weighted by Crippen LogP contribution is -2.41. The molecule has 134 valence electrons. The highest BCUT2D eigenvalue weighted by atomic mass is 16.5. The largest absolute Gasteiger partial charge is 0.493 e. The second-order valence-electron chi connectivity index (χ2n) is 6.06. The van der Waals surface area contributed by atoms with Crippen molar-refractivity contribution in [3.05, 3.63) is 23.8 Å². The van der Waals surface area contributed by atoms with Crippen molar-refractivity contribution in [2.45, 2.75) is 46.1 Å². The molecule has 0 fully saturated rings. The third kappa shape index (κ3) is 6.10. The van der Waals surface area contributed by atoms with Gasteiger partial charge in [0.25, 0.3) is 5.91 Å². The van der Waals surface area contributed by atoms with Crippen molar-refractivity contribution in [2.24, 2.45) is 5.92 Å². The van der Waals surface area contributed by atoms with Crippen LogP contribution in [0.15, 0.2) is 18.2 Å². The summed E-state index contributed by atoms with van der Waals surface area (Å²) in [7, 11) is 1.50. The Morgan fingerprint density at radius 1 is 1.25 bits per heavy atom. The molecule has 1 aromatic rings. The van der Waals surface area contributed by atoms with E-state index in [0.717, 1.165) is 12.8 Å². The van der Waals surface area contributed by atoms with E-state index in [2.05, 4.69) is 12.2 Å². The number of carboxylic acids is 1. The van der Waals surface area contributed by atoms with E-state index in [4.69, 9.17) is 9.47 Å². The van der Waals surface area contributed by atoms with Gasteiger partial charge in [-0.25, -0.2) is 4.79 Å². The number of carbonyl (C=O) groups excluding carboxylic acids is 1. The number of carbonyl (C=O) groups is 2. The lowest BCUT2D eigenvalue weighted by atomic mass is 10.0. The normalized spacial score (nSPS) is 11.9. The average molecular weight is 337 g/mol. The van der Waals surface area contributed by atoms with Gasteiger partial charge in [0.05, 0.1) is 13.7 Å². The number of nitrogens with one attached hydrogen (secondary N) is 1. The molecule has 0 aliphatic carbocycles. The summed E-state index contributed by atoms with van der Waals surface area (Å²) in [6.45, 7) is 6.47. The zero-order valence-corrected chi connectivity index (χ0v) is 14.8. The van der Waals surface area contributed by atoms with E-state index in [1.165, 1.54) is 7.11 Å². The Labute approximate surface area is 143 Å². The molecule has 1 aromatic carbocycles. The van der Waals surface area contributed by atoms with Gasteiger partial charge in [-0.05, 0) is 37.0 Å². The Balaban J connectivity index is 2.84. The van der Waals surface area contributed by atoms with Crippen LogP contribution in [0, 0.1) is 5.92 Å². The first kappa shape index (κ1) is 19.8. The van der Waals surface area contributed by atoms with Crippen molar-refractivity contribution in [3.63, 3.8) is 0 Å². The topological polar surface area (TPSA) is 84.9 Å². The van der Waals surface area contributed by atoms with Gasteiger partial charge >= 0.3 is 5.97 Å². The molecule has 1 amide bonds. The van der Waals surface area contributed by atoms with Gasteiger partial charge in [0.2, 0.25) is 0 Å². The minimum Gasteiger partial charge on any atom is -0.493 e. The zero-order chi connectivity index (χ0) is 18.1. The first-order valence-electron chi connectivity index (χ1n) is 8.23. The summed E-state index contributed by atoms with van der Waals surface area (Å²) in [5.74, 6) is -0.297. The number of ether oxygens (including phenoxy) is 2. The molecule has 0 heterocycles. The standard InChI is InChI=1S/C18H27NO5/c1-5-6-9-24-15-8-7-13(11-16(15)23-4)17(20)19-14(18(21)22)10-12(2)3/h7-8,11-12,14H,5-6,9-10H2,1-4H3,(H,19,20)(H,21,22)/t14-/m0/s1. The average Bonchev–Trinajstić information content (AvgIpc) is 2.54. The zero-order valence-electron chi connectivity index (χ0n) is 14.8. The van der Waals surface area contributed by atoms with Crippen molar-refractivity contribution in [1.29, 1.82) is 0 Å².